The average molecular weight is 331 g/mol. The zero-order chi connectivity index (χ0) is 16.2. The molecule has 1 aromatic heterocycles. The summed E-state index contributed by atoms with van der Waals surface area (Å²) in [5.74, 6) is -1.34. The Kier molecular flexibility index (Phi) is 5.04. The highest BCUT2D eigenvalue weighted by Gasteiger charge is 2.32. The van der Waals surface area contributed by atoms with Crippen LogP contribution in [0.4, 0.5) is 13.2 Å². The van der Waals surface area contributed by atoms with Gasteiger partial charge in [-0.05, 0) is 34.5 Å². The molecule has 1 aromatic carbocycles. The number of aliphatic hydroxyl groups is 1. The fourth-order valence-corrected chi connectivity index (χ4v) is 2.44. The lowest BCUT2D eigenvalue weighted by molar-refractivity contribution is -0.274. The summed E-state index contributed by atoms with van der Waals surface area (Å²) in [6.07, 6.45) is -5.81. The molecule has 0 saturated heterocycles. The number of para-hydroxylation sites is 1. The predicted octanol–water partition coefficient (Wildman–Crippen LogP) is 3.11. The molecule has 118 valence electrons. The summed E-state index contributed by atoms with van der Waals surface area (Å²) < 4.78 is 40.7. The number of ether oxygens (including phenoxy) is 1. The third-order valence-corrected chi connectivity index (χ3v) is 3.44. The fourth-order valence-electron chi connectivity index (χ4n) is 1.73. The molecule has 0 aliphatic rings. The minimum Gasteiger partial charge on any atom is -0.405 e. The van der Waals surface area contributed by atoms with Crippen LogP contribution in [0.1, 0.15) is 22.0 Å². The molecule has 2 rings (SSSR count). The molecular formula is C14H12F3NO3S. The molecule has 0 bridgehead atoms. The van der Waals surface area contributed by atoms with Gasteiger partial charge in [-0.15, -0.1) is 13.2 Å². The summed E-state index contributed by atoms with van der Waals surface area (Å²) in [6, 6.07) is 6.72. The second-order valence-electron chi connectivity index (χ2n) is 4.33. The molecule has 2 N–H and O–H groups in total. The number of carbonyl (C=O) groups excluding carboxylic acids is 1. The van der Waals surface area contributed by atoms with Crippen molar-refractivity contribution in [3.63, 3.8) is 0 Å². The van der Waals surface area contributed by atoms with Gasteiger partial charge in [0.05, 0.1) is 11.7 Å². The average Bonchev–Trinajstić information content (AvgIpc) is 2.97. The number of hydrogen-bond acceptors (Lipinski definition) is 4. The number of nitrogens with one attached hydrogen (secondary N) is 1. The van der Waals surface area contributed by atoms with E-state index < -0.39 is 24.1 Å². The van der Waals surface area contributed by atoms with Crippen LogP contribution in [-0.2, 0) is 0 Å². The molecule has 1 unspecified atom stereocenters. The van der Waals surface area contributed by atoms with E-state index in [-0.39, 0.29) is 12.1 Å². The van der Waals surface area contributed by atoms with E-state index in [1.165, 1.54) is 29.5 Å². The maximum atomic E-state index is 12.3. The number of rotatable bonds is 5. The Balaban J connectivity index is 2.03. The standard InChI is InChI=1S/C14H12F3NO3S/c15-14(16,17)21-12-4-2-1-3-10(12)13(20)18-7-11(19)9-5-6-22-8-9/h1-6,8,11,19H,7H2,(H,18,20). The van der Waals surface area contributed by atoms with Gasteiger partial charge in [0.15, 0.2) is 0 Å². The first-order valence-electron chi connectivity index (χ1n) is 6.20. The van der Waals surface area contributed by atoms with E-state index in [4.69, 9.17) is 0 Å². The van der Waals surface area contributed by atoms with Gasteiger partial charge in [0.2, 0.25) is 0 Å². The second kappa shape index (κ2) is 6.80. The number of thiophene rings is 1. The van der Waals surface area contributed by atoms with Gasteiger partial charge in [-0.1, -0.05) is 12.1 Å². The molecule has 0 aliphatic carbocycles. The number of carbonyl (C=O) groups is 1. The lowest BCUT2D eigenvalue weighted by atomic mass is 10.1. The van der Waals surface area contributed by atoms with E-state index in [9.17, 15) is 23.1 Å². The zero-order valence-electron chi connectivity index (χ0n) is 11.1. The van der Waals surface area contributed by atoms with Gasteiger partial charge < -0.3 is 15.2 Å². The van der Waals surface area contributed by atoms with Crippen molar-refractivity contribution < 1.29 is 27.8 Å². The van der Waals surface area contributed by atoms with Crippen molar-refractivity contribution in [1.29, 1.82) is 0 Å². The van der Waals surface area contributed by atoms with Gasteiger partial charge >= 0.3 is 6.36 Å². The van der Waals surface area contributed by atoms with Gasteiger partial charge in [-0.25, -0.2) is 0 Å². The minimum atomic E-state index is -4.88. The van der Waals surface area contributed by atoms with Crippen molar-refractivity contribution in [2.45, 2.75) is 12.5 Å². The van der Waals surface area contributed by atoms with Crippen LogP contribution in [0.3, 0.4) is 0 Å². The first-order chi connectivity index (χ1) is 10.4. The van der Waals surface area contributed by atoms with Crippen LogP contribution in [0.25, 0.3) is 0 Å². The molecule has 8 heteroatoms. The van der Waals surface area contributed by atoms with E-state index >= 15 is 0 Å². The summed E-state index contributed by atoms with van der Waals surface area (Å²) >= 11 is 1.39. The third kappa shape index (κ3) is 4.47. The summed E-state index contributed by atoms with van der Waals surface area (Å²) in [5, 5.41) is 15.7. The Bertz CT molecular complexity index is 629. The van der Waals surface area contributed by atoms with Crippen LogP contribution >= 0.6 is 11.3 Å². The maximum absolute atomic E-state index is 12.3. The van der Waals surface area contributed by atoms with Crippen molar-refractivity contribution in [2.24, 2.45) is 0 Å². The first kappa shape index (κ1) is 16.3. The highest BCUT2D eigenvalue weighted by molar-refractivity contribution is 7.07. The zero-order valence-corrected chi connectivity index (χ0v) is 11.9. The van der Waals surface area contributed by atoms with Crippen molar-refractivity contribution in [3.05, 3.63) is 52.2 Å². The molecule has 0 fully saturated rings. The highest BCUT2D eigenvalue weighted by Crippen LogP contribution is 2.26. The van der Waals surface area contributed by atoms with E-state index in [1.807, 2.05) is 0 Å². The number of benzene rings is 1. The van der Waals surface area contributed by atoms with Crippen LogP contribution in [0.15, 0.2) is 41.1 Å². The van der Waals surface area contributed by atoms with Crippen LogP contribution in [0.5, 0.6) is 5.75 Å². The molecule has 1 atom stereocenters. The van der Waals surface area contributed by atoms with Gasteiger partial charge in [0, 0.05) is 6.54 Å². The molecule has 0 radical (unpaired) electrons. The molecule has 0 aliphatic heterocycles. The van der Waals surface area contributed by atoms with Crippen molar-refractivity contribution in [1.82, 2.24) is 5.32 Å². The SMILES string of the molecule is O=C(NCC(O)c1ccsc1)c1ccccc1OC(F)(F)F. The largest absolute Gasteiger partial charge is 0.573 e. The lowest BCUT2D eigenvalue weighted by Gasteiger charge is -2.14. The number of halogens is 3. The van der Waals surface area contributed by atoms with E-state index in [2.05, 4.69) is 10.1 Å². The number of hydrogen-bond donors (Lipinski definition) is 2. The number of alkyl halides is 3. The first-order valence-corrected chi connectivity index (χ1v) is 7.14. The molecule has 4 nitrogen and oxygen atoms in total. The fraction of sp³-hybridized carbons (Fsp3) is 0.214. The Morgan fingerprint density at radius 3 is 2.68 bits per heavy atom. The van der Waals surface area contributed by atoms with E-state index in [1.54, 1.807) is 16.8 Å². The smallest absolute Gasteiger partial charge is 0.405 e. The maximum Gasteiger partial charge on any atom is 0.573 e. The Morgan fingerprint density at radius 2 is 2.05 bits per heavy atom. The Hall–Kier alpha value is -2.06. The van der Waals surface area contributed by atoms with Gasteiger partial charge in [0.1, 0.15) is 5.75 Å². The molecule has 2 aromatic rings. The molecule has 1 amide bonds. The third-order valence-electron chi connectivity index (χ3n) is 2.74. The number of aliphatic hydroxyl groups excluding tert-OH is 1. The summed E-state index contributed by atoms with van der Waals surface area (Å²) in [6.45, 7) is -0.115. The summed E-state index contributed by atoms with van der Waals surface area (Å²) in [5.41, 5.74) is 0.377. The van der Waals surface area contributed by atoms with Crippen molar-refractivity contribution in [3.8, 4) is 5.75 Å². The van der Waals surface area contributed by atoms with Gasteiger partial charge in [-0.3, -0.25) is 4.79 Å². The molecule has 22 heavy (non-hydrogen) atoms. The topological polar surface area (TPSA) is 58.6 Å². The normalized spacial score (nSPS) is 12.7. The predicted molar refractivity (Wildman–Crippen MR) is 74.7 cm³/mol. The Morgan fingerprint density at radius 1 is 1.32 bits per heavy atom. The van der Waals surface area contributed by atoms with Crippen LogP contribution in [-0.4, -0.2) is 23.9 Å². The molecular weight excluding hydrogens is 319 g/mol. The summed E-state index contributed by atoms with van der Waals surface area (Å²) in [7, 11) is 0. The Labute approximate surface area is 128 Å². The molecule has 0 spiro atoms. The molecule has 1 heterocycles. The molecule has 0 saturated carbocycles. The minimum absolute atomic E-state index is 0.115. The van der Waals surface area contributed by atoms with Crippen LogP contribution in [0, 0.1) is 0 Å². The van der Waals surface area contributed by atoms with Crippen LogP contribution in [0.2, 0.25) is 0 Å². The van der Waals surface area contributed by atoms with Gasteiger partial charge in [-0.2, -0.15) is 11.3 Å². The number of amides is 1. The highest BCUT2D eigenvalue weighted by atomic mass is 32.1. The van der Waals surface area contributed by atoms with Crippen molar-refractivity contribution in [2.75, 3.05) is 6.54 Å². The summed E-state index contributed by atoms with van der Waals surface area (Å²) in [4.78, 5) is 12.0. The quantitative estimate of drug-likeness (QED) is 0.885. The second-order valence-corrected chi connectivity index (χ2v) is 5.11. The monoisotopic (exact) mass is 331 g/mol. The lowest BCUT2D eigenvalue weighted by Crippen LogP contribution is -2.29. The van der Waals surface area contributed by atoms with E-state index in [0.717, 1.165) is 6.07 Å². The van der Waals surface area contributed by atoms with Crippen molar-refractivity contribution >= 4 is 17.2 Å². The van der Waals surface area contributed by atoms with Crippen LogP contribution < -0.4 is 10.1 Å². The van der Waals surface area contributed by atoms with Gasteiger partial charge in [0.25, 0.3) is 5.91 Å². The van der Waals surface area contributed by atoms with E-state index in [0.29, 0.717) is 5.56 Å².